The van der Waals surface area contributed by atoms with Crippen molar-refractivity contribution in [3.63, 3.8) is 0 Å². The van der Waals surface area contributed by atoms with Gasteiger partial charge < -0.3 is 10.0 Å². The third-order valence-corrected chi connectivity index (χ3v) is 2.46. The van der Waals surface area contributed by atoms with Gasteiger partial charge in [-0.25, -0.2) is 4.98 Å². The molecule has 3 heteroatoms. The molecule has 0 unspecified atom stereocenters. The van der Waals surface area contributed by atoms with E-state index in [2.05, 4.69) is 4.98 Å². The average molecular weight is 228 g/mol. The third kappa shape index (κ3) is 2.82. The molecule has 17 heavy (non-hydrogen) atoms. The summed E-state index contributed by atoms with van der Waals surface area (Å²) >= 11 is 0. The van der Waals surface area contributed by atoms with Crippen LogP contribution >= 0.6 is 0 Å². The van der Waals surface area contributed by atoms with Crippen LogP contribution in [0.5, 0.6) is 5.75 Å². The minimum atomic E-state index is 0.221. The normalized spacial score (nSPS) is 10.8. The molecule has 0 aliphatic heterocycles. The number of aromatic nitrogens is 1. The number of rotatable bonds is 3. The zero-order valence-electron chi connectivity index (χ0n) is 10.1. The summed E-state index contributed by atoms with van der Waals surface area (Å²) in [7, 11) is 3.99. The van der Waals surface area contributed by atoms with E-state index in [1.807, 2.05) is 55.4 Å². The molecule has 0 saturated carbocycles. The fraction of sp³-hybridized carbons (Fsp3) is 0.214. The van der Waals surface area contributed by atoms with E-state index in [-0.39, 0.29) is 5.75 Å². The number of hydrogen-bond donors (Lipinski definition) is 1. The van der Waals surface area contributed by atoms with Crippen LogP contribution in [-0.4, -0.2) is 29.1 Å². The zero-order valence-corrected chi connectivity index (χ0v) is 10.1. The lowest BCUT2D eigenvalue weighted by molar-refractivity contribution is 0.396. The van der Waals surface area contributed by atoms with Crippen molar-refractivity contribution in [3.05, 3.63) is 48.2 Å². The van der Waals surface area contributed by atoms with Crippen molar-refractivity contribution in [3.8, 4) is 17.0 Å². The first-order valence-electron chi connectivity index (χ1n) is 5.56. The number of pyridine rings is 1. The van der Waals surface area contributed by atoms with Gasteiger partial charge in [-0.1, -0.05) is 30.3 Å². The van der Waals surface area contributed by atoms with Crippen molar-refractivity contribution in [1.29, 1.82) is 0 Å². The Hall–Kier alpha value is -1.87. The summed E-state index contributed by atoms with van der Waals surface area (Å²) in [5, 5.41) is 9.85. The van der Waals surface area contributed by atoms with Gasteiger partial charge in [0.2, 0.25) is 0 Å². The van der Waals surface area contributed by atoms with E-state index >= 15 is 0 Å². The molecular weight excluding hydrogens is 212 g/mol. The number of hydrogen-bond acceptors (Lipinski definition) is 3. The third-order valence-electron chi connectivity index (χ3n) is 2.46. The maximum Gasteiger partial charge on any atom is 0.141 e. The number of aromatic hydroxyl groups is 1. The van der Waals surface area contributed by atoms with Gasteiger partial charge in [0, 0.05) is 12.1 Å². The highest BCUT2D eigenvalue weighted by Crippen LogP contribution is 2.26. The molecule has 0 amide bonds. The smallest absolute Gasteiger partial charge is 0.141 e. The first kappa shape index (κ1) is 11.6. The summed E-state index contributed by atoms with van der Waals surface area (Å²) in [6.07, 6.45) is 0. The van der Waals surface area contributed by atoms with Crippen LogP contribution in [0.2, 0.25) is 0 Å². The molecule has 1 heterocycles. The molecule has 1 N–H and O–H groups in total. The van der Waals surface area contributed by atoms with Crippen LogP contribution < -0.4 is 0 Å². The van der Waals surface area contributed by atoms with Crippen LogP contribution in [0.4, 0.5) is 0 Å². The van der Waals surface area contributed by atoms with Gasteiger partial charge in [-0.3, -0.25) is 0 Å². The average Bonchev–Trinajstić information content (AvgIpc) is 2.32. The van der Waals surface area contributed by atoms with Gasteiger partial charge in [0.25, 0.3) is 0 Å². The molecule has 0 radical (unpaired) electrons. The molecule has 0 saturated heterocycles. The van der Waals surface area contributed by atoms with Gasteiger partial charge >= 0.3 is 0 Å². The van der Waals surface area contributed by atoms with Gasteiger partial charge in [-0.05, 0) is 26.2 Å². The largest absolute Gasteiger partial charge is 0.506 e. The molecule has 88 valence electrons. The number of nitrogens with zero attached hydrogens (tertiary/aromatic N) is 2. The van der Waals surface area contributed by atoms with Crippen LogP contribution in [0.25, 0.3) is 11.3 Å². The second-order valence-electron chi connectivity index (χ2n) is 4.27. The van der Waals surface area contributed by atoms with Crippen molar-refractivity contribution in [2.75, 3.05) is 14.1 Å². The molecule has 0 atom stereocenters. The first-order valence-corrected chi connectivity index (χ1v) is 5.56. The van der Waals surface area contributed by atoms with Gasteiger partial charge in [-0.15, -0.1) is 0 Å². The highest BCUT2D eigenvalue weighted by molar-refractivity contribution is 5.65. The summed E-state index contributed by atoms with van der Waals surface area (Å²) in [5.41, 5.74) is 2.53. The molecule has 0 fully saturated rings. The van der Waals surface area contributed by atoms with E-state index < -0.39 is 0 Å². The minimum Gasteiger partial charge on any atom is -0.506 e. The van der Waals surface area contributed by atoms with E-state index in [1.54, 1.807) is 6.07 Å². The Balaban J connectivity index is 2.40. The molecule has 0 aliphatic rings. The molecule has 1 aromatic heterocycles. The van der Waals surface area contributed by atoms with Gasteiger partial charge in [0.1, 0.15) is 11.4 Å². The highest BCUT2D eigenvalue weighted by atomic mass is 16.3. The first-order chi connectivity index (χ1) is 8.16. The Kier molecular flexibility index (Phi) is 3.40. The molecule has 0 bridgehead atoms. The van der Waals surface area contributed by atoms with Crippen LogP contribution in [0.15, 0.2) is 42.5 Å². The highest BCUT2D eigenvalue weighted by Gasteiger charge is 2.07. The second kappa shape index (κ2) is 4.97. The van der Waals surface area contributed by atoms with Gasteiger partial charge in [0.15, 0.2) is 0 Å². The van der Waals surface area contributed by atoms with Crippen LogP contribution in [0, 0.1) is 0 Å². The summed E-state index contributed by atoms with van der Waals surface area (Å²) < 4.78 is 0. The standard InChI is InChI=1S/C14H16N2O/c1-16(2)10-12-8-9-13(17)14(15-12)11-6-4-3-5-7-11/h3-9,17H,10H2,1-2H3. The molecule has 3 nitrogen and oxygen atoms in total. The number of benzene rings is 1. The van der Waals surface area contributed by atoms with Crippen molar-refractivity contribution in [2.24, 2.45) is 0 Å². The van der Waals surface area contributed by atoms with E-state index in [1.165, 1.54) is 0 Å². The lowest BCUT2D eigenvalue weighted by atomic mass is 10.1. The topological polar surface area (TPSA) is 36.4 Å². The molecule has 0 spiro atoms. The predicted molar refractivity (Wildman–Crippen MR) is 68.7 cm³/mol. The summed E-state index contributed by atoms with van der Waals surface area (Å²) in [5.74, 6) is 0.221. The SMILES string of the molecule is CN(C)Cc1ccc(O)c(-c2ccccc2)n1. The Labute approximate surface area is 101 Å². The van der Waals surface area contributed by atoms with E-state index in [0.717, 1.165) is 17.8 Å². The van der Waals surface area contributed by atoms with Gasteiger partial charge in [-0.2, -0.15) is 0 Å². The lowest BCUT2D eigenvalue weighted by Gasteiger charge is -2.11. The van der Waals surface area contributed by atoms with Crippen molar-refractivity contribution >= 4 is 0 Å². The van der Waals surface area contributed by atoms with Crippen LogP contribution in [0.3, 0.4) is 0 Å². The zero-order chi connectivity index (χ0) is 12.3. The van der Waals surface area contributed by atoms with E-state index in [9.17, 15) is 5.11 Å². The Bertz CT molecular complexity index is 495. The molecule has 2 aromatic rings. The Morgan fingerprint density at radius 2 is 1.76 bits per heavy atom. The van der Waals surface area contributed by atoms with Gasteiger partial charge in [0.05, 0.1) is 5.69 Å². The minimum absolute atomic E-state index is 0.221. The Morgan fingerprint density at radius 1 is 1.06 bits per heavy atom. The van der Waals surface area contributed by atoms with Crippen LogP contribution in [-0.2, 0) is 6.54 Å². The van der Waals surface area contributed by atoms with E-state index in [0.29, 0.717) is 5.69 Å². The Morgan fingerprint density at radius 3 is 2.41 bits per heavy atom. The summed E-state index contributed by atoms with van der Waals surface area (Å²) in [6, 6.07) is 13.3. The predicted octanol–water partition coefficient (Wildman–Crippen LogP) is 2.52. The van der Waals surface area contributed by atoms with Crippen molar-refractivity contribution in [1.82, 2.24) is 9.88 Å². The molecule has 0 aliphatic carbocycles. The molecule has 2 rings (SSSR count). The summed E-state index contributed by atoms with van der Waals surface area (Å²) in [6.45, 7) is 0.764. The van der Waals surface area contributed by atoms with Crippen LogP contribution in [0.1, 0.15) is 5.69 Å². The maximum atomic E-state index is 9.85. The fourth-order valence-corrected chi connectivity index (χ4v) is 1.71. The van der Waals surface area contributed by atoms with Crippen molar-refractivity contribution < 1.29 is 5.11 Å². The second-order valence-corrected chi connectivity index (χ2v) is 4.27. The summed E-state index contributed by atoms with van der Waals surface area (Å²) in [4.78, 5) is 6.54. The van der Waals surface area contributed by atoms with E-state index in [4.69, 9.17) is 0 Å². The van der Waals surface area contributed by atoms with Crippen molar-refractivity contribution in [2.45, 2.75) is 6.54 Å². The fourth-order valence-electron chi connectivity index (χ4n) is 1.71. The quantitative estimate of drug-likeness (QED) is 0.877. The monoisotopic (exact) mass is 228 g/mol. The maximum absolute atomic E-state index is 9.85. The lowest BCUT2D eigenvalue weighted by Crippen LogP contribution is -2.12. The molecular formula is C14H16N2O. The molecule has 1 aromatic carbocycles.